The largest absolute Gasteiger partial charge is 0.466 e. The van der Waals surface area contributed by atoms with Crippen molar-refractivity contribution in [3.63, 3.8) is 0 Å². The van der Waals surface area contributed by atoms with Crippen LogP contribution in [0.15, 0.2) is 78.3 Å². The minimum Gasteiger partial charge on any atom is -0.466 e. The molecule has 0 atom stereocenters. The fourth-order valence-corrected chi connectivity index (χ4v) is 4.98. The third-order valence-electron chi connectivity index (χ3n) is 6.10. The predicted octanol–water partition coefficient (Wildman–Crippen LogP) is 3.73. The number of hydrazine groups is 1. The van der Waals surface area contributed by atoms with Gasteiger partial charge in [0.25, 0.3) is 0 Å². The summed E-state index contributed by atoms with van der Waals surface area (Å²) in [6.45, 7) is 2.11. The summed E-state index contributed by atoms with van der Waals surface area (Å²) >= 11 is 1.37. The number of unbranched alkanes of at least 4 members (excludes halogenated alkanes) is 1. The Bertz CT molecular complexity index is 1400. The van der Waals surface area contributed by atoms with Gasteiger partial charge in [0.2, 0.25) is 16.9 Å². The number of anilines is 1. The molecule has 1 aliphatic rings. The average Bonchev–Trinajstić information content (AvgIpc) is 3.39. The Kier molecular flexibility index (Phi) is 11.0. The fourth-order valence-electron chi connectivity index (χ4n) is 4.18. The summed E-state index contributed by atoms with van der Waals surface area (Å²) in [6.07, 6.45) is 7.94. The average molecular weight is 575 g/mol. The van der Waals surface area contributed by atoms with E-state index in [0.29, 0.717) is 24.0 Å². The van der Waals surface area contributed by atoms with E-state index >= 15 is 0 Å². The highest BCUT2D eigenvalue weighted by atomic mass is 32.1. The van der Waals surface area contributed by atoms with Gasteiger partial charge in [-0.3, -0.25) is 19.8 Å². The Hall–Kier alpha value is -4.51. The third kappa shape index (κ3) is 10.2. The highest BCUT2D eigenvalue weighted by molar-refractivity contribution is 7.15. The number of benzene rings is 2. The molecule has 11 heteroatoms. The van der Waals surface area contributed by atoms with Crippen LogP contribution in [-0.4, -0.2) is 34.6 Å². The molecular formula is C30H34N6O4S. The number of aromatic nitrogens is 2. The minimum atomic E-state index is -0.287. The molecule has 0 unspecified atom stereocenters. The molecular weight excluding hydrogens is 540 g/mol. The fraction of sp³-hybridized carbons (Fsp3) is 0.300. The van der Waals surface area contributed by atoms with E-state index in [1.807, 2.05) is 66.7 Å². The molecule has 1 aliphatic heterocycles. The van der Waals surface area contributed by atoms with Crippen molar-refractivity contribution in [3.05, 3.63) is 100.0 Å². The highest BCUT2D eigenvalue weighted by Crippen LogP contribution is 2.19. The van der Waals surface area contributed by atoms with Crippen molar-refractivity contribution in [2.75, 3.05) is 11.9 Å². The van der Waals surface area contributed by atoms with Crippen LogP contribution >= 0.6 is 11.3 Å². The predicted molar refractivity (Wildman–Crippen MR) is 157 cm³/mol. The zero-order chi connectivity index (χ0) is 28.9. The monoisotopic (exact) mass is 574 g/mol. The maximum absolute atomic E-state index is 12.5. The Morgan fingerprint density at radius 3 is 2.27 bits per heavy atom. The van der Waals surface area contributed by atoms with Gasteiger partial charge in [0, 0.05) is 12.1 Å². The number of carbonyl (C=O) groups is 3. The Morgan fingerprint density at radius 1 is 0.805 bits per heavy atom. The molecule has 3 aromatic rings. The summed E-state index contributed by atoms with van der Waals surface area (Å²) in [5.41, 5.74) is 9.78. The van der Waals surface area contributed by atoms with Crippen molar-refractivity contribution in [1.82, 2.24) is 26.4 Å². The number of nitrogens with zero attached hydrogens (tertiary/aromatic N) is 2. The minimum absolute atomic E-state index is 0.0820. The second-order valence-electron chi connectivity index (χ2n) is 9.47. The topological polar surface area (TPSA) is 134 Å². The standard InChI is InChI=1S/C30H34N6O4S/c1-2-40-29(39)20-23-12-8-11-22(17-23)19-27(38)32-30-36-35-28(41-30)14-7-6-13-24-15-16-25(34-33-24)31-26(37)18-21-9-4-3-5-10-21/h3-5,8-12,15-17,33-34H,2,6-7,13-14,18-20H2,1H3,(H,31,37)(H,32,36,38). The van der Waals surface area contributed by atoms with E-state index in [4.69, 9.17) is 4.74 Å². The van der Waals surface area contributed by atoms with E-state index in [-0.39, 0.29) is 30.6 Å². The van der Waals surface area contributed by atoms with Crippen molar-refractivity contribution < 1.29 is 19.1 Å². The number of allylic oxidation sites excluding steroid dienone is 3. The summed E-state index contributed by atoms with van der Waals surface area (Å²) in [5, 5.41) is 15.3. The molecule has 4 N–H and O–H groups in total. The summed E-state index contributed by atoms with van der Waals surface area (Å²) in [5.74, 6) is 0.0569. The van der Waals surface area contributed by atoms with E-state index in [1.54, 1.807) is 6.92 Å². The number of amides is 2. The van der Waals surface area contributed by atoms with Crippen LogP contribution in [0.2, 0.25) is 0 Å². The van der Waals surface area contributed by atoms with E-state index in [2.05, 4.69) is 31.7 Å². The van der Waals surface area contributed by atoms with Crippen LogP contribution in [0.5, 0.6) is 0 Å². The quantitative estimate of drug-likeness (QED) is 0.169. The molecule has 2 heterocycles. The third-order valence-corrected chi connectivity index (χ3v) is 7.00. The number of rotatable bonds is 14. The first kappa shape index (κ1) is 29.5. The van der Waals surface area contributed by atoms with Crippen LogP contribution in [0.1, 0.15) is 47.9 Å². The van der Waals surface area contributed by atoms with Crippen molar-refractivity contribution >= 4 is 34.3 Å². The van der Waals surface area contributed by atoms with Crippen LogP contribution in [-0.2, 0) is 44.8 Å². The molecule has 0 saturated carbocycles. The smallest absolute Gasteiger partial charge is 0.310 e. The van der Waals surface area contributed by atoms with Crippen molar-refractivity contribution in [3.8, 4) is 0 Å². The zero-order valence-corrected chi connectivity index (χ0v) is 23.8. The molecule has 0 spiro atoms. The first-order valence-electron chi connectivity index (χ1n) is 13.6. The van der Waals surface area contributed by atoms with Crippen molar-refractivity contribution in [2.24, 2.45) is 0 Å². The second-order valence-corrected chi connectivity index (χ2v) is 10.5. The Morgan fingerprint density at radius 2 is 1.51 bits per heavy atom. The van der Waals surface area contributed by atoms with Gasteiger partial charge in [-0.15, -0.1) is 10.2 Å². The normalized spacial score (nSPS) is 12.3. The Balaban J connectivity index is 1.14. The number of hydrogen-bond donors (Lipinski definition) is 4. The van der Waals surface area contributed by atoms with E-state index in [9.17, 15) is 14.4 Å². The van der Waals surface area contributed by atoms with E-state index < -0.39 is 0 Å². The number of nitrogens with one attached hydrogen (secondary N) is 4. The van der Waals surface area contributed by atoms with Gasteiger partial charge in [0.1, 0.15) is 10.8 Å². The van der Waals surface area contributed by atoms with Crippen LogP contribution < -0.4 is 21.5 Å². The van der Waals surface area contributed by atoms with Gasteiger partial charge < -0.3 is 20.8 Å². The lowest BCUT2D eigenvalue weighted by atomic mass is 10.1. The van der Waals surface area contributed by atoms with Gasteiger partial charge in [-0.05, 0) is 55.0 Å². The SMILES string of the molecule is CCOC(=O)Cc1cccc(CC(=O)Nc2nnc(CCCCC3=CC=C(NC(=O)Cc4ccccc4)NN3)s2)c1. The van der Waals surface area contributed by atoms with Crippen LogP contribution in [0.25, 0.3) is 0 Å². The molecule has 0 bridgehead atoms. The van der Waals surface area contributed by atoms with Gasteiger partial charge in [-0.25, -0.2) is 0 Å². The van der Waals surface area contributed by atoms with Gasteiger partial charge in [0.05, 0.1) is 25.9 Å². The molecule has 10 nitrogen and oxygen atoms in total. The van der Waals surface area contributed by atoms with Crippen LogP contribution in [0.4, 0.5) is 5.13 Å². The lowest BCUT2D eigenvalue weighted by molar-refractivity contribution is -0.142. The molecule has 2 amide bonds. The summed E-state index contributed by atoms with van der Waals surface area (Å²) in [6, 6.07) is 17.0. The number of hydrogen-bond acceptors (Lipinski definition) is 9. The van der Waals surface area contributed by atoms with Gasteiger partial charge in [0.15, 0.2) is 0 Å². The summed E-state index contributed by atoms with van der Waals surface area (Å²) in [4.78, 5) is 36.5. The zero-order valence-electron chi connectivity index (χ0n) is 22.9. The lowest BCUT2D eigenvalue weighted by Gasteiger charge is -2.20. The number of aryl methyl sites for hydroxylation is 1. The number of ether oxygens (including phenoxy) is 1. The van der Waals surface area contributed by atoms with Crippen molar-refractivity contribution in [2.45, 2.75) is 51.9 Å². The molecule has 1 aromatic heterocycles. The van der Waals surface area contributed by atoms with Crippen molar-refractivity contribution in [1.29, 1.82) is 0 Å². The molecule has 214 valence electrons. The maximum atomic E-state index is 12.5. The molecule has 0 saturated heterocycles. The first-order chi connectivity index (χ1) is 20.0. The molecule has 0 fully saturated rings. The van der Waals surface area contributed by atoms with Gasteiger partial charge in [-0.2, -0.15) is 0 Å². The van der Waals surface area contributed by atoms with Gasteiger partial charge >= 0.3 is 5.97 Å². The molecule has 0 radical (unpaired) electrons. The molecule has 4 rings (SSSR count). The number of esters is 1. The first-order valence-corrected chi connectivity index (χ1v) is 14.4. The van der Waals surface area contributed by atoms with E-state index in [0.717, 1.165) is 53.1 Å². The maximum Gasteiger partial charge on any atom is 0.310 e. The molecule has 2 aromatic carbocycles. The van der Waals surface area contributed by atoms with Crippen LogP contribution in [0, 0.1) is 0 Å². The molecule has 41 heavy (non-hydrogen) atoms. The second kappa shape index (κ2) is 15.3. The molecule has 0 aliphatic carbocycles. The lowest BCUT2D eigenvalue weighted by Crippen LogP contribution is -2.41. The highest BCUT2D eigenvalue weighted by Gasteiger charge is 2.12. The van der Waals surface area contributed by atoms with Crippen LogP contribution in [0.3, 0.4) is 0 Å². The van der Waals surface area contributed by atoms with Gasteiger partial charge in [-0.1, -0.05) is 65.9 Å². The number of carbonyl (C=O) groups excluding carboxylic acids is 3. The summed E-state index contributed by atoms with van der Waals surface area (Å²) < 4.78 is 4.99. The Labute approximate surface area is 243 Å². The summed E-state index contributed by atoms with van der Waals surface area (Å²) in [7, 11) is 0. The van der Waals surface area contributed by atoms with E-state index in [1.165, 1.54) is 11.3 Å².